The van der Waals surface area contributed by atoms with Gasteiger partial charge >= 0.3 is 6.03 Å². The highest BCUT2D eigenvalue weighted by Crippen LogP contribution is 2.33. The van der Waals surface area contributed by atoms with Crippen LogP contribution in [0.1, 0.15) is 54.1 Å². The van der Waals surface area contributed by atoms with Gasteiger partial charge in [0.2, 0.25) is 0 Å². The van der Waals surface area contributed by atoms with E-state index < -0.39 is 0 Å². The fourth-order valence-corrected chi connectivity index (χ4v) is 3.49. The third-order valence-corrected chi connectivity index (χ3v) is 4.83. The molecule has 0 aromatic carbocycles. The Bertz CT molecular complexity index is 683. The Kier molecular flexibility index (Phi) is 5.25. The SMILES string of the molecule is CNC(=O)NC1CCC(C2CC(c3cc(C=O)nc(C)n3)=NO2)CC1. The lowest BCUT2D eigenvalue weighted by Crippen LogP contribution is -2.43. The average molecular weight is 345 g/mol. The Morgan fingerprint density at radius 2 is 2.04 bits per heavy atom. The Morgan fingerprint density at radius 1 is 1.28 bits per heavy atom. The molecule has 1 unspecified atom stereocenters. The minimum Gasteiger partial charge on any atom is -0.391 e. The molecule has 0 saturated heterocycles. The normalized spacial score (nSPS) is 25.7. The molecule has 2 heterocycles. The molecule has 1 aromatic heterocycles. The van der Waals surface area contributed by atoms with Crippen LogP contribution in [0.25, 0.3) is 0 Å². The van der Waals surface area contributed by atoms with Crippen molar-refractivity contribution >= 4 is 18.0 Å². The number of oxime groups is 1. The molecule has 8 heteroatoms. The van der Waals surface area contributed by atoms with Crippen molar-refractivity contribution in [2.24, 2.45) is 11.1 Å². The summed E-state index contributed by atoms with van der Waals surface area (Å²) in [5.41, 5.74) is 1.78. The second-order valence-corrected chi connectivity index (χ2v) is 6.56. The van der Waals surface area contributed by atoms with Crippen LogP contribution in [0.2, 0.25) is 0 Å². The lowest BCUT2D eigenvalue weighted by Gasteiger charge is -2.31. The van der Waals surface area contributed by atoms with Crippen LogP contribution >= 0.6 is 0 Å². The summed E-state index contributed by atoms with van der Waals surface area (Å²) in [5, 5.41) is 9.74. The Hall–Kier alpha value is -2.51. The van der Waals surface area contributed by atoms with E-state index in [4.69, 9.17) is 4.84 Å². The third kappa shape index (κ3) is 4.12. The average Bonchev–Trinajstić information content (AvgIpc) is 3.12. The van der Waals surface area contributed by atoms with Gasteiger partial charge in [0.1, 0.15) is 23.3 Å². The van der Waals surface area contributed by atoms with Gasteiger partial charge in [0, 0.05) is 19.5 Å². The van der Waals surface area contributed by atoms with E-state index in [0.29, 0.717) is 35.8 Å². The minimum atomic E-state index is -0.128. The number of amides is 2. The maximum atomic E-state index is 11.4. The first-order valence-corrected chi connectivity index (χ1v) is 8.61. The van der Waals surface area contributed by atoms with Crippen LogP contribution in [0.5, 0.6) is 0 Å². The van der Waals surface area contributed by atoms with Crippen molar-refractivity contribution in [1.82, 2.24) is 20.6 Å². The maximum Gasteiger partial charge on any atom is 0.314 e. The third-order valence-electron chi connectivity index (χ3n) is 4.83. The molecule has 1 atom stereocenters. The van der Waals surface area contributed by atoms with Crippen molar-refractivity contribution in [1.29, 1.82) is 0 Å². The van der Waals surface area contributed by atoms with E-state index in [1.54, 1.807) is 20.0 Å². The van der Waals surface area contributed by atoms with Gasteiger partial charge in [-0.25, -0.2) is 14.8 Å². The van der Waals surface area contributed by atoms with Crippen LogP contribution in [0, 0.1) is 12.8 Å². The summed E-state index contributed by atoms with van der Waals surface area (Å²) in [7, 11) is 1.62. The molecule has 2 amide bonds. The smallest absolute Gasteiger partial charge is 0.314 e. The second-order valence-electron chi connectivity index (χ2n) is 6.56. The highest BCUT2D eigenvalue weighted by Gasteiger charge is 2.34. The molecule has 1 saturated carbocycles. The Morgan fingerprint density at radius 3 is 2.72 bits per heavy atom. The molecule has 25 heavy (non-hydrogen) atoms. The number of hydrogen-bond donors (Lipinski definition) is 2. The van der Waals surface area contributed by atoms with Crippen molar-refractivity contribution in [3.63, 3.8) is 0 Å². The van der Waals surface area contributed by atoms with E-state index >= 15 is 0 Å². The number of aromatic nitrogens is 2. The highest BCUT2D eigenvalue weighted by atomic mass is 16.6. The number of urea groups is 1. The molecule has 2 N–H and O–H groups in total. The van der Waals surface area contributed by atoms with Crippen LogP contribution in [-0.2, 0) is 4.84 Å². The molecule has 1 aliphatic heterocycles. The lowest BCUT2D eigenvalue weighted by molar-refractivity contribution is 0.0239. The van der Waals surface area contributed by atoms with E-state index in [9.17, 15) is 9.59 Å². The molecule has 0 bridgehead atoms. The van der Waals surface area contributed by atoms with Crippen molar-refractivity contribution in [2.75, 3.05) is 7.05 Å². The largest absolute Gasteiger partial charge is 0.391 e. The first kappa shape index (κ1) is 17.3. The van der Waals surface area contributed by atoms with Crippen LogP contribution < -0.4 is 10.6 Å². The topological polar surface area (TPSA) is 106 Å². The van der Waals surface area contributed by atoms with Gasteiger partial charge in [-0.05, 0) is 44.6 Å². The zero-order chi connectivity index (χ0) is 17.8. The van der Waals surface area contributed by atoms with Crippen molar-refractivity contribution in [2.45, 2.75) is 51.2 Å². The van der Waals surface area contributed by atoms with Gasteiger partial charge in [0.25, 0.3) is 0 Å². The molecule has 8 nitrogen and oxygen atoms in total. The van der Waals surface area contributed by atoms with E-state index in [2.05, 4.69) is 25.8 Å². The molecular formula is C17H23N5O3. The van der Waals surface area contributed by atoms with Crippen LogP contribution in [0.4, 0.5) is 4.79 Å². The summed E-state index contributed by atoms with van der Waals surface area (Å²) in [6.45, 7) is 1.76. The molecule has 3 rings (SSSR count). The fraction of sp³-hybridized carbons (Fsp3) is 0.588. The molecule has 1 aromatic rings. The minimum absolute atomic E-state index is 0.0332. The van der Waals surface area contributed by atoms with Crippen molar-refractivity contribution in [3.8, 4) is 0 Å². The molecule has 134 valence electrons. The van der Waals surface area contributed by atoms with Gasteiger partial charge in [-0.15, -0.1) is 0 Å². The number of rotatable bonds is 4. The number of carbonyl (C=O) groups excluding carboxylic acids is 2. The molecule has 0 spiro atoms. The zero-order valence-electron chi connectivity index (χ0n) is 14.5. The fourth-order valence-electron chi connectivity index (χ4n) is 3.49. The van der Waals surface area contributed by atoms with Crippen molar-refractivity contribution in [3.05, 3.63) is 23.3 Å². The summed E-state index contributed by atoms with van der Waals surface area (Å²) in [6.07, 6.45) is 5.30. The summed E-state index contributed by atoms with van der Waals surface area (Å²) < 4.78 is 0. The summed E-state index contributed by atoms with van der Waals surface area (Å²) in [4.78, 5) is 36.4. The number of aldehydes is 1. The quantitative estimate of drug-likeness (QED) is 0.806. The Balaban J connectivity index is 1.56. The number of hydrogen-bond acceptors (Lipinski definition) is 6. The predicted octanol–water partition coefficient (Wildman–Crippen LogP) is 1.58. The maximum absolute atomic E-state index is 11.4. The van der Waals surface area contributed by atoms with E-state index in [0.717, 1.165) is 31.4 Å². The van der Waals surface area contributed by atoms with Gasteiger partial charge in [-0.1, -0.05) is 5.16 Å². The zero-order valence-corrected chi connectivity index (χ0v) is 14.5. The number of carbonyl (C=O) groups is 2. The lowest BCUT2D eigenvalue weighted by atomic mass is 9.81. The van der Waals surface area contributed by atoms with E-state index in [1.807, 2.05) is 0 Å². The molecule has 0 radical (unpaired) electrons. The van der Waals surface area contributed by atoms with E-state index in [-0.39, 0.29) is 18.2 Å². The molecule has 2 aliphatic rings. The van der Waals surface area contributed by atoms with Crippen LogP contribution in [0.15, 0.2) is 11.2 Å². The van der Waals surface area contributed by atoms with Gasteiger partial charge in [0.05, 0.1) is 5.69 Å². The molecule has 1 aliphatic carbocycles. The first-order chi connectivity index (χ1) is 12.1. The first-order valence-electron chi connectivity index (χ1n) is 8.61. The van der Waals surface area contributed by atoms with Gasteiger partial charge in [-0.3, -0.25) is 4.79 Å². The number of aryl methyl sites for hydroxylation is 1. The summed E-state index contributed by atoms with van der Waals surface area (Å²) >= 11 is 0. The predicted molar refractivity (Wildman–Crippen MR) is 91.5 cm³/mol. The van der Waals surface area contributed by atoms with Gasteiger partial charge in [-0.2, -0.15) is 0 Å². The van der Waals surface area contributed by atoms with Gasteiger partial charge < -0.3 is 15.5 Å². The van der Waals surface area contributed by atoms with Crippen LogP contribution in [-0.4, -0.2) is 47.2 Å². The van der Waals surface area contributed by atoms with Gasteiger partial charge in [0.15, 0.2) is 6.29 Å². The second kappa shape index (κ2) is 7.58. The number of nitrogens with one attached hydrogen (secondary N) is 2. The standard InChI is InChI=1S/C17H23N5O3/c1-10-19-13(9-23)7-14(20-10)15-8-16(25-22-15)11-3-5-12(6-4-11)21-17(24)18-2/h7,9,11-12,16H,3-6,8H2,1-2H3,(H2,18,21,24). The number of nitrogens with zero attached hydrogens (tertiary/aromatic N) is 3. The summed E-state index contributed by atoms with van der Waals surface area (Å²) in [6, 6.07) is 1.74. The monoisotopic (exact) mass is 345 g/mol. The van der Waals surface area contributed by atoms with E-state index in [1.165, 1.54) is 0 Å². The Labute approximate surface area is 146 Å². The van der Waals surface area contributed by atoms with Crippen LogP contribution in [0.3, 0.4) is 0 Å². The summed E-state index contributed by atoms with van der Waals surface area (Å²) in [5.74, 6) is 0.962. The van der Waals surface area contributed by atoms with Crippen molar-refractivity contribution < 1.29 is 14.4 Å². The highest BCUT2D eigenvalue weighted by molar-refractivity contribution is 6.00. The molecular weight excluding hydrogens is 322 g/mol. The molecule has 1 fully saturated rings.